The molecule has 2 aromatic carbocycles. The van der Waals surface area contributed by atoms with Gasteiger partial charge in [-0.1, -0.05) is 59.9 Å². The molecule has 0 aliphatic carbocycles. The van der Waals surface area contributed by atoms with Crippen LogP contribution in [-0.4, -0.2) is 56.3 Å². The molecular formula is C24H23N7S2. The Hall–Kier alpha value is -3.14. The minimum Gasteiger partial charge on any atom is -0.345 e. The molecule has 1 unspecified atom stereocenters. The second kappa shape index (κ2) is 9.01. The van der Waals surface area contributed by atoms with Crippen LogP contribution in [0.4, 0.5) is 5.13 Å². The summed E-state index contributed by atoms with van der Waals surface area (Å²) < 4.78 is 3.19. The Kier molecular flexibility index (Phi) is 5.59. The summed E-state index contributed by atoms with van der Waals surface area (Å²) in [5.74, 6) is 0.898. The van der Waals surface area contributed by atoms with Crippen molar-refractivity contribution in [3.8, 4) is 0 Å². The van der Waals surface area contributed by atoms with Gasteiger partial charge in [-0.25, -0.2) is 9.67 Å². The van der Waals surface area contributed by atoms with Gasteiger partial charge < -0.3 is 4.90 Å². The molecule has 0 bridgehead atoms. The van der Waals surface area contributed by atoms with Gasteiger partial charge in [0.05, 0.1) is 16.8 Å². The molecular weight excluding hydrogens is 450 g/mol. The maximum atomic E-state index is 4.86. The van der Waals surface area contributed by atoms with Crippen LogP contribution in [0.25, 0.3) is 10.2 Å². The highest BCUT2D eigenvalue weighted by atomic mass is 32.1. The maximum absolute atomic E-state index is 4.86. The molecule has 0 N–H and O–H groups in total. The smallest absolute Gasteiger partial charge is 0.186 e. The molecule has 3 aromatic heterocycles. The van der Waals surface area contributed by atoms with Gasteiger partial charge in [0.15, 0.2) is 11.0 Å². The number of anilines is 1. The number of aromatic nitrogens is 5. The highest BCUT2D eigenvalue weighted by molar-refractivity contribution is 7.22. The number of nitrogens with zero attached hydrogens (tertiary/aromatic N) is 7. The van der Waals surface area contributed by atoms with E-state index in [2.05, 4.69) is 91.4 Å². The van der Waals surface area contributed by atoms with E-state index in [0.29, 0.717) is 6.54 Å². The van der Waals surface area contributed by atoms with Gasteiger partial charge in [0.25, 0.3) is 0 Å². The largest absolute Gasteiger partial charge is 0.345 e. The van der Waals surface area contributed by atoms with Gasteiger partial charge >= 0.3 is 0 Å². The molecule has 1 saturated heterocycles. The zero-order valence-corrected chi connectivity index (χ0v) is 19.6. The molecule has 6 rings (SSSR count). The SMILES string of the molecule is c1ccc(Cn2nnnc2C(c2cccs2)N2CCN(c3nc4ccccc4s3)CC2)cc1. The van der Waals surface area contributed by atoms with Crippen LogP contribution in [0.2, 0.25) is 0 Å². The summed E-state index contributed by atoms with van der Waals surface area (Å²) in [6, 6.07) is 23.1. The molecule has 33 heavy (non-hydrogen) atoms. The second-order valence-electron chi connectivity index (χ2n) is 8.09. The lowest BCUT2D eigenvalue weighted by molar-refractivity contribution is 0.204. The van der Waals surface area contributed by atoms with E-state index in [1.54, 1.807) is 22.7 Å². The van der Waals surface area contributed by atoms with Crippen LogP contribution in [0.3, 0.4) is 0 Å². The van der Waals surface area contributed by atoms with Crippen LogP contribution in [0.15, 0.2) is 72.1 Å². The first-order valence-electron chi connectivity index (χ1n) is 11.0. The minimum atomic E-state index is 0.0428. The Morgan fingerprint density at radius 3 is 2.48 bits per heavy atom. The van der Waals surface area contributed by atoms with Crippen molar-refractivity contribution < 1.29 is 0 Å². The number of piperazine rings is 1. The fraction of sp³-hybridized carbons (Fsp3) is 0.250. The van der Waals surface area contributed by atoms with E-state index < -0.39 is 0 Å². The van der Waals surface area contributed by atoms with Crippen LogP contribution in [0, 0.1) is 0 Å². The zero-order valence-electron chi connectivity index (χ0n) is 18.0. The van der Waals surface area contributed by atoms with Crippen LogP contribution >= 0.6 is 22.7 Å². The van der Waals surface area contributed by atoms with E-state index >= 15 is 0 Å². The molecule has 166 valence electrons. The van der Waals surface area contributed by atoms with Crippen molar-refractivity contribution in [2.45, 2.75) is 12.6 Å². The number of fused-ring (bicyclic) bond motifs is 1. The third-order valence-corrected chi connectivity index (χ3v) is 8.05. The number of para-hydroxylation sites is 1. The molecule has 4 heterocycles. The van der Waals surface area contributed by atoms with Gasteiger partial charge in [0.2, 0.25) is 0 Å². The monoisotopic (exact) mass is 473 g/mol. The summed E-state index contributed by atoms with van der Waals surface area (Å²) in [4.78, 5) is 11.0. The van der Waals surface area contributed by atoms with Crippen molar-refractivity contribution in [2.75, 3.05) is 31.1 Å². The van der Waals surface area contributed by atoms with Gasteiger partial charge in [0, 0.05) is 31.1 Å². The quantitative estimate of drug-likeness (QED) is 0.366. The van der Waals surface area contributed by atoms with Crippen molar-refractivity contribution >= 4 is 38.0 Å². The molecule has 0 radical (unpaired) electrons. The van der Waals surface area contributed by atoms with Crippen LogP contribution in [0.1, 0.15) is 22.3 Å². The summed E-state index contributed by atoms with van der Waals surface area (Å²) in [6.07, 6.45) is 0. The fourth-order valence-corrected chi connectivity index (χ4v) is 6.23. The molecule has 1 aliphatic rings. The summed E-state index contributed by atoms with van der Waals surface area (Å²) in [7, 11) is 0. The Balaban J connectivity index is 1.24. The average Bonchev–Trinajstić information content (AvgIpc) is 3.62. The lowest BCUT2D eigenvalue weighted by atomic mass is 10.1. The number of rotatable bonds is 6. The van der Waals surface area contributed by atoms with Gasteiger partial charge in [-0.05, 0) is 39.6 Å². The summed E-state index contributed by atoms with van der Waals surface area (Å²) >= 11 is 3.54. The van der Waals surface area contributed by atoms with Crippen molar-refractivity contribution in [1.29, 1.82) is 0 Å². The topological polar surface area (TPSA) is 63.0 Å². The lowest BCUT2D eigenvalue weighted by Crippen LogP contribution is -2.48. The number of tetrazole rings is 1. The molecule has 0 amide bonds. The van der Waals surface area contributed by atoms with Crippen LogP contribution in [-0.2, 0) is 6.54 Å². The predicted octanol–water partition coefficient (Wildman–Crippen LogP) is 4.30. The minimum absolute atomic E-state index is 0.0428. The molecule has 9 heteroatoms. The first-order valence-corrected chi connectivity index (χ1v) is 12.7. The Labute approximate surface area is 199 Å². The Morgan fingerprint density at radius 2 is 1.70 bits per heavy atom. The van der Waals surface area contributed by atoms with Gasteiger partial charge in [-0.15, -0.1) is 16.4 Å². The van der Waals surface area contributed by atoms with Crippen molar-refractivity contribution in [1.82, 2.24) is 30.1 Å². The van der Waals surface area contributed by atoms with E-state index in [-0.39, 0.29) is 6.04 Å². The Bertz CT molecular complexity index is 1290. The maximum Gasteiger partial charge on any atom is 0.186 e. The van der Waals surface area contributed by atoms with E-state index in [9.17, 15) is 0 Å². The number of benzene rings is 2. The van der Waals surface area contributed by atoms with Crippen molar-refractivity contribution in [3.05, 3.63) is 88.4 Å². The highest BCUT2D eigenvalue weighted by Gasteiger charge is 2.32. The molecule has 5 aromatic rings. The molecule has 1 atom stereocenters. The van der Waals surface area contributed by atoms with Crippen molar-refractivity contribution in [2.24, 2.45) is 0 Å². The molecule has 1 fully saturated rings. The Morgan fingerprint density at radius 1 is 0.879 bits per heavy atom. The zero-order chi connectivity index (χ0) is 22.0. The summed E-state index contributed by atoms with van der Waals surface area (Å²) in [6.45, 7) is 4.38. The third kappa shape index (κ3) is 4.15. The van der Waals surface area contributed by atoms with Gasteiger partial charge in [-0.3, -0.25) is 4.90 Å². The van der Waals surface area contributed by atoms with E-state index in [1.807, 2.05) is 10.7 Å². The normalized spacial score (nSPS) is 15.8. The van der Waals surface area contributed by atoms with E-state index in [4.69, 9.17) is 4.98 Å². The number of hydrogen-bond donors (Lipinski definition) is 0. The second-order valence-corrected chi connectivity index (χ2v) is 10.1. The van der Waals surface area contributed by atoms with Crippen molar-refractivity contribution in [3.63, 3.8) is 0 Å². The molecule has 7 nitrogen and oxygen atoms in total. The predicted molar refractivity (Wildman–Crippen MR) is 133 cm³/mol. The van der Waals surface area contributed by atoms with Crippen LogP contribution < -0.4 is 4.90 Å². The fourth-order valence-electron chi connectivity index (χ4n) is 4.36. The summed E-state index contributed by atoms with van der Waals surface area (Å²) in [5, 5.41) is 16.1. The number of thiophene rings is 1. The number of thiazole rings is 1. The van der Waals surface area contributed by atoms with Crippen LogP contribution in [0.5, 0.6) is 0 Å². The van der Waals surface area contributed by atoms with Gasteiger partial charge in [-0.2, -0.15) is 0 Å². The first-order chi connectivity index (χ1) is 16.3. The summed E-state index contributed by atoms with van der Waals surface area (Å²) in [5.41, 5.74) is 2.27. The third-order valence-electron chi connectivity index (χ3n) is 6.02. The average molecular weight is 474 g/mol. The molecule has 0 saturated carbocycles. The lowest BCUT2D eigenvalue weighted by Gasteiger charge is -2.38. The van der Waals surface area contributed by atoms with Gasteiger partial charge in [0.1, 0.15) is 6.04 Å². The number of hydrogen-bond acceptors (Lipinski definition) is 8. The first kappa shape index (κ1) is 20.5. The molecule has 1 aliphatic heterocycles. The highest BCUT2D eigenvalue weighted by Crippen LogP contribution is 2.34. The molecule has 0 spiro atoms. The van der Waals surface area contributed by atoms with E-state index in [1.165, 1.54) is 15.1 Å². The standard InChI is InChI=1S/C24H23N7S2/c1-2-7-18(8-3-1)17-31-23(26-27-28-31)22(21-11-6-16-32-21)29-12-14-30(15-13-29)24-25-19-9-4-5-10-20(19)33-24/h1-11,16,22H,12-15,17H2. The van der Waals surface area contributed by atoms with E-state index in [0.717, 1.165) is 42.7 Å².